The zero-order chi connectivity index (χ0) is 26.2. The molecule has 0 fully saturated rings. The minimum absolute atomic E-state index is 0.0729. The number of amides is 2. The third kappa shape index (κ3) is 6.53. The van der Waals surface area contributed by atoms with Crippen LogP contribution in [0.1, 0.15) is 40.9 Å². The maximum absolute atomic E-state index is 13.9. The van der Waals surface area contributed by atoms with E-state index >= 15 is 0 Å². The molecular formula is C28H29ClN2O6. The van der Waals surface area contributed by atoms with Gasteiger partial charge in [-0.05, 0) is 60.9 Å². The molecular weight excluding hydrogens is 496 g/mol. The van der Waals surface area contributed by atoms with Gasteiger partial charge in [-0.2, -0.15) is 0 Å². The fourth-order valence-corrected chi connectivity index (χ4v) is 4.20. The van der Waals surface area contributed by atoms with E-state index in [1.807, 2.05) is 13.0 Å². The van der Waals surface area contributed by atoms with E-state index < -0.39 is 11.9 Å². The lowest BCUT2D eigenvalue weighted by Crippen LogP contribution is -2.43. The molecule has 0 radical (unpaired) electrons. The number of ether oxygens (including phenoxy) is 3. The van der Waals surface area contributed by atoms with Crippen molar-refractivity contribution in [1.29, 1.82) is 0 Å². The molecule has 1 aliphatic rings. The Labute approximate surface area is 220 Å². The molecule has 194 valence electrons. The fourth-order valence-electron chi connectivity index (χ4n) is 4.07. The number of hydrogen-bond acceptors (Lipinski definition) is 6. The van der Waals surface area contributed by atoms with Crippen molar-refractivity contribution >= 4 is 23.4 Å². The fraction of sp³-hybridized carbons (Fsp3) is 0.286. The molecule has 1 heterocycles. The quantitative estimate of drug-likeness (QED) is 0.353. The summed E-state index contributed by atoms with van der Waals surface area (Å²) in [5, 5.41) is 13.9. The van der Waals surface area contributed by atoms with E-state index in [1.54, 1.807) is 48.5 Å². The van der Waals surface area contributed by atoms with Gasteiger partial charge in [0.15, 0.2) is 11.5 Å². The van der Waals surface area contributed by atoms with Gasteiger partial charge < -0.3 is 29.5 Å². The van der Waals surface area contributed by atoms with Crippen LogP contribution in [0.15, 0.2) is 66.7 Å². The number of carbonyl (C=O) groups excluding carboxylic acids is 2. The molecule has 0 saturated carbocycles. The van der Waals surface area contributed by atoms with Gasteiger partial charge in [0, 0.05) is 31.3 Å². The van der Waals surface area contributed by atoms with E-state index in [9.17, 15) is 14.7 Å². The molecule has 4 rings (SSSR count). The molecule has 3 aromatic rings. The van der Waals surface area contributed by atoms with Crippen LogP contribution in [0.2, 0.25) is 5.02 Å². The van der Waals surface area contributed by atoms with Crippen LogP contribution in [0.4, 0.5) is 0 Å². The molecule has 9 heteroatoms. The summed E-state index contributed by atoms with van der Waals surface area (Å²) < 4.78 is 16.3. The van der Waals surface area contributed by atoms with Crippen LogP contribution in [0.25, 0.3) is 0 Å². The Morgan fingerprint density at radius 3 is 2.59 bits per heavy atom. The Kier molecular flexibility index (Phi) is 8.87. The number of benzene rings is 3. The number of nitrogens with one attached hydrogen (secondary N) is 1. The number of phenols is 1. The first-order valence-corrected chi connectivity index (χ1v) is 12.4. The van der Waals surface area contributed by atoms with Crippen molar-refractivity contribution in [2.75, 3.05) is 26.6 Å². The SMILES string of the molecule is CCOCCCNC(=O)[C@@H](c1ccc(Cl)cc1)N(Cc1ccc2c(c1)OCO2)C(=O)c1ccccc1O. The highest BCUT2D eigenvalue weighted by Crippen LogP contribution is 2.35. The van der Waals surface area contributed by atoms with Crippen LogP contribution < -0.4 is 14.8 Å². The molecule has 0 aromatic heterocycles. The number of halogens is 1. The van der Waals surface area contributed by atoms with E-state index in [-0.39, 0.29) is 30.6 Å². The maximum Gasteiger partial charge on any atom is 0.258 e. The highest BCUT2D eigenvalue weighted by atomic mass is 35.5. The van der Waals surface area contributed by atoms with Gasteiger partial charge >= 0.3 is 0 Å². The van der Waals surface area contributed by atoms with Crippen molar-refractivity contribution in [3.63, 3.8) is 0 Å². The molecule has 3 aromatic carbocycles. The molecule has 1 atom stereocenters. The Bertz CT molecular complexity index is 1230. The summed E-state index contributed by atoms with van der Waals surface area (Å²) in [5.41, 5.74) is 1.40. The maximum atomic E-state index is 13.9. The van der Waals surface area contributed by atoms with Gasteiger partial charge in [-0.15, -0.1) is 0 Å². The molecule has 0 spiro atoms. The van der Waals surface area contributed by atoms with Crippen LogP contribution in [0.5, 0.6) is 17.2 Å². The smallest absolute Gasteiger partial charge is 0.258 e. The van der Waals surface area contributed by atoms with Gasteiger partial charge in [-0.3, -0.25) is 9.59 Å². The van der Waals surface area contributed by atoms with E-state index in [0.717, 1.165) is 5.56 Å². The van der Waals surface area contributed by atoms with Crippen LogP contribution in [-0.4, -0.2) is 48.4 Å². The topological polar surface area (TPSA) is 97.3 Å². The summed E-state index contributed by atoms with van der Waals surface area (Å²) in [4.78, 5) is 28.9. The van der Waals surface area contributed by atoms with Gasteiger partial charge in [0.2, 0.25) is 12.7 Å². The second-order valence-electron chi connectivity index (χ2n) is 8.43. The van der Waals surface area contributed by atoms with E-state index in [0.29, 0.717) is 48.3 Å². The van der Waals surface area contributed by atoms with Gasteiger partial charge in [0.25, 0.3) is 5.91 Å². The number of hydrogen-bond donors (Lipinski definition) is 2. The third-order valence-electron chi connectivity index (χ3n) is 5.90. The van der Waals surface area contributed by atoms with Crippen LogP contribution in [0.3, 0.4) is 0 Å². The average molecular weight is 525 g/mol. The molecule has 37 heavy (non-hydrogen) atoms. The van der Waals surface area contributed by atoms with Crippen molar-refractivity contribution in [3.05, 3.63) is 88.4 Å². The summed E-state index contributed by atoms with van der Waals surface area (Å²) in [6.45, 7) is 3.60. The summed E-state index contributed by atoms with van der Waals surface area (Å²) >= 11 is 6.12. The highest BCUT2D eigenvalue weighted by molar-refractivity contribution is 6.30. The minimum Gasteiger partial charge on any atom is -0.507 e. The number of para-hydroxylation sites is 1. The molecule has 0 saturated heterocycles. The third-order valence-corrected chi connectivity index (χ3v) is 6.15. The van der Waals surface area contributed by atoms with Crippen LogP contribution >= 0.6 is 11.6 Å². The summed E-state index contributed by atoms with van der Waals surface area (Å²) in [5.74, 6) is 0.151. The predicted octanol–water partition coefficient (Wildman–Crippen LogP) is 4.70. The molecule has 2 amide bonds. The van der Waals surface area contributed by atoms with E-state index in [2.05, 4.69) is 5.32 Å². The number of nitrogens with zero attached hydrogens (tertiary/aromatic N) is 1. The first-order valence-electron chi connectivity index (χ1n) is 12.1. The number of phenolic OH excluding ortho intramolecular Hbond substituents is 1. The monoisotopic (exact) mass is 524 g/mol. The highest BCUT2D eigenvalue weighted by Gasteiger charge is 2.33. The van der Waals surface area contributed by atoms with Gasteiger partial charge in [-0.25, -0.2) is 0 Å². The molecule has 0 aliphatic carbocycles. The zero-order valence-electron chi connectivity index (χ0n) is 20.5. The summed E-state index contributed by atoms with van der Waals surface area (Å²) in [6, 6.07) is 17.4. The standard InChI is InChI=1S/C28H29ClN2O6/c1-2-35-15-5-14-30-27(33)26(20-9-11-21(29)12-10-20)31(28(34)22-6-3-4-7-23(22)32)17-19-8-13-24-25(16-19)37-18-36-24/h3-4,6-13,16,26,32H,2,5,14-15,17-18H2,1H3,(H,30,33)/t26-/m1/s1. The number of fused-ring (bicyclic) bond motifs is 1. The van der Waals surface area contributed by atoms with Crippen LogP contribution in [-0.2, 0) is 16.1 Å². The van der Waals surface area contributed by atoms with Crippen molar-refractivity contribution in [2.24, 2.45) is 0 Å². The summed E-state index contributed by atoms with van der Waals surface area (Å²) in [6.07, 6.45) is 0.627. The molecule has 1 aliphatic heterocycles. The van der Waals surface area contributed by atoms with E-state index in [4.69, 9.17) is 25.8 Å². The summed E-state index contributed by atoms with van der Waals surface area (Å²) in [7, 11) is 0. The molecule has 8 nitrogen and oxygen atoms in total. The molecule has 2 N–H and O–H groups in total. The predicted molar refractivity (Wildman–Crippen MR) is 139 cm³/mol. The van der Waals surface area contributed by atoms with Gasteiger partial charge in [-0.1, -0.05) is 41.9 Å². The first-order chi connectivity index (χ1) is 18.0. The van der Waals surface area contributed by atoms with Crippen molar-refractivity contribution in [2.45, 2.75) is 25.9 Å². The van der Waals surface area contributed by atoms with Gasteiger partial charge in [0.1, 0.15) is 11.8 Å². The Morgan fingerprint density at radius 1 is 1.08 bits per heavy atom. The van der Waals surface area contributed by atoms with Crippen molar-refractivity contribution in [1.82, 2.24) is 10.2 Å². The zero-order valence-corrected chi connectivity index (χ0v) is 21.2. The lowest BCUT2D eigenvalue weighted by molar-refractivity contribution is -0.126. The van der Waals surface area contributed by atoms with Crippen LogP contribution in [0, 0.1) is 0 Å². The van der Waals surface area contributed by atoms with Crippen molar-refractivity contribution < 1.29 is 28.9 Å². The lowest BCUT2D eigenvalue weighted by atomic mass is 10.0. The number of rotatable bonds is 11. The second kappa shape index (κ2) is 12.5. The lowest BCUT2D eigenvalue weighted by Gasteiger charge is -2.32. The average Bonchev–Trinajstić information content (AvgIpc) is 3.37. The number of aromatic hydroxyl groups is 1. The second-order valence-corrected chi connectivity index (χ2v) is 8.87. The van der Waals surface area contributed by atoms with Gasteiger partial charge in [0.05, 0.1) is 5.56 Å². The van der Waals surface area contributed by atoms with E-state index in [1.165, 1.54) is 17.0 Å². The molecule has 0 unspecified atom stereocenters. The normalized spacial score (nSPS) is 12.7. The Morgan fingerprint density at radius 2 is 1.84 bits per heavy atom. The molecule has 0 bridgehead atoms. The first kappa shape index (κ1) is 26.3. The Hall–Kier alpha value is -3.75. The largest absolute Gasteiger partial charge is 0.507 e. The minimum atomic E-state index is -0.998. The number of carbonyl (C=O) groups is 2. The Balaban J connectivity index is 1.71. The van der Waals surface area contributed by atoms with Crippen molar-refractivity contribution in [3.8, 4) is 17.2 Å².